The lowest BCUT2D eigenvalue weighted by Crippen LogP contribution is -2.08. The van der Waals surface area contributed by atoms with Crippen LogP contribution in [-0.4, -0.2) is 21.7 Å². The van der Waals surface area contributed by atoms with Crippen molar-refractivity contribution in [3.8, 4) is 11.5 Å². The number of thiazole rings is 1. The number of fused-ring (bicyclic) bond motifs is 1. The van der Waals surface area contributed by atoms with Crippen molar-refractivity contribution in [2.75, 3.05) is 5.75 Å². The first-order chi connectivity index (χ1) is 13.2. The molecule has 0 saturated carbocycles. The van der Waals surface area contributed by atoms with Crippen molar-refractivity contribution in [2.24, 2.45) is 0 Å². The van der Waals surface area contributed by atoms with Crippen molar-refractivity contribution in [2.45, 2.75) is 17.9 Å². The monoisotopic (exact) mass is 396 g/mol. The number of ether oxygens (including phenoxy) is 1. The Hall–Kier alpha value is -2.64. The number of hydrogen-bond donors (Lipinski definition) is 0. The van der Waals surface area contributed by atoms with Gasteiger partial charge in [0.1, 0.15) is 18.1 Å². The van der Waals surface area contributed by atoms with Gasteiger partial charge in [-0.1, -0.05) is 42.1 Å². The Morgan fingerprint density at radius 2 is 1.89 bits per heavy atom. The molecule has 4 rings (SSSR count). The van der Waals surface area contributed by atoms with Crippen molar-refractivity contribution < 1.29 is 13.9 Å². The minimum atomic E-state index is -0.303. The van der Waals surface area contributed by atoms with E-state index in [9.17, 15) is 4.79 Å². The van der Waals surface area contributed by atoms with E-state index in [1.165, 1.54) is 11.8 Å². The zero-order valence-electron chi connectivity index (χ0n) is 14.5. The first-order valence-electron chi connectivity index (χ1n) is 8.35. The summed E-state index contributed by atoms with van der Waals surface area (Å²) < 4.78 is 13.0. The van der Waals surface area contributed by atoms with Crippen LogP contribution in [0.4, 0.5) is 0 Å². The molecule has 5 nitrogen and oxygen atoms in total. The second kappa shape index (κ2) is 7.94. The molecule has 0 unspecified atom stereocenters. The maximum Gasteiger partial charge on any atom is 0.316 e. The number of carbonyl (C=O) groups is 1. The Kier molecular flexibility index (Phi) is 5.22. The average molecular weight is 396 g/mol. The highest BCUT2D eigenvalue weighted by molar-refractivity contribution is 8.01. The number of hydrogen-bond acceptors (Lipinski definition) is 7. The normalized spacial score (nSPS) is 11.0. The molecule has 0 N–H and O–H groups in total. The van der Waals surface area contributed by atoms with E-state index in [0.717, 1.165) is 20.1 Å². The van der Waals surface area contributed by atoms with Gasteiger partial charge in [-0.05, 0) is 31.2 Å². The Balaban J connectivity index is 1.33. The summed E-state index contributed by atoms with van der Waals surface area (Å²) in [5.74, 6) is 1.09. The summed E-state index contributed by atoms with van der Waals surface area (Å²) in [6.07, 6.45) is 0. The minimum Gasteiger partial charge on any atom is -0.458 e. The summed E-state index contributed by atoms with van der Waals surface area (Å²) in [4.78, 5) is 21.0. The van der Waals surface area contributed by atoms with Crippen LogP contribution in [-0.2, 0) is 16.1 Å². The van der Waals surface area contributed by atoms with Crippen LogP contribution in [0.1, 0.15) is 11.5 Å². The SMILES string of the molecule is Cc1oc(-c2ccccc2)nc1COC(=O)CSc1nc2ccccc2s1. The molecule has 2 aromatic heterocycles. The lowest BCUT2D eigenvalue weighted by molar-refractivity contribution is -0.141. The van der Waals surface area contributed by atoms with Gasteiger partial charge in [-0.3, -0.25) is 4.79 Å². The van der Waals surface area contributed by atoms with Gasteiger partial charge in [0, 0.05) is 5.56 Å². The molecule has 136 valence electrons. The van der Waals surface area contributed by atoms with Crippen molar-refractivity contribution in [3.63, 3.8) is 0 Å². The molecule has 7 heteroatoms. The third-order valence-corrected chi connectivity index (χ3v) is 6.02. The predicted octanol–water partition coefficient (Wildman–Crippen LogP) is 5.10. The number of oxazole rings is 1. The first-order valence-corrected chi connectivity index (χ1v) is 10.1. The van der Waals surface area contributed by atoms with Crippen LogP contribution in [0.25, 0.3) is 21.7 Å². The van der Waals surface area contributed by atoms with Crippen LogP contribution in [0, 0.1) is 6.92 Å². The quantitative estimate of drug-likeness (QED) is 0.334. The number of benzene rings is 2. The van der Waals surface area contributed by atoms with Crippen LogP contribution < -0.4 is 0 Å². The van der Waals surface area contributed by atoms with E-state index in [4.69, 9.17) is 9.15 Å². The van der Waals surface area contributed by atoms with Crippen molar-refractivity contribution >= 4 is 39.3 Å². The summed E-state index contributed by atoms with van der Waals surface area (Å²) in [6.45, 7) is 1.92. The molecule has 2 aromatic carbocycles. The number of rotatable bonds is 6. The van der Waals surface area contributed by atoms with Crippen LogP contribution in [0.5, 0.6) is 0 Å². The molecule has 0 atom stereocenters. The predicted molar refractivity (Wildman–Crippen MR) is 107 cm³/mol. The Bertz CT molecular complexity index is 1040. The van der Waals surface area contributed by atoms with E-state index in [1.807, 2.05) is 61.5 Å². The molecule has 0 amide bonds. The summed E-state index contributed by atoms with van der Waals surface area (Å²) in [5, 5.41) is 0. The summed E-state index contributed by atoms with van der Waals surface area (Å²) >= 11 is 2.96. The van der Waals surface area contributed by atoms with E-state index < -0.39 is 0 Å². The molecule has 0 aliphatic rings. The van der Waals surface area contributed by atoms with Crippen molar-refractivity contribution in [1.82, 2.24) is 9.97 Å². The smallest absolute Gasteiger partial charge is 0.316 e. The molecule has 0 saturated heterocycles. The van der Waals surface area contributed by atoms with Gasteiger partial charge < -0.3 is 9.15 Å². The number of aryl methyl sites for hydroxylation is 1. The number of aromatic nitrogens is 2. The zero-order valence-corrected chi connectivity index (χ0v) is 16.2. The van der Waals surface area contributed by atoms with Crippen LogP contribution in [0.2, 0.25) is 0 Å². The molecule has 0 aliphatic carbocycles. The molecule has 27 heavy (non-hydrogen) atoms. The third kappa shape index (κ3) is 4.20. The van der Waals surface area contributed by atoms with E-state index in [-0.39, 0.29) is 18.3 Å². The van der Waals surface area contributed by atoms with E-state index in [0.29, 0.717) is 17.3 Å². The highest BCUT2D eigenvalue weighted by atomic mass is 32.2. The molecule has 0 fully saturated rings. The molecule has 4 aromatic rings. The number of thioether (sulfide) groups is 1. The highest BCUT2D eigenvalue weighted by Crippen LogP contribution is 2.29. The molecule has 0 spiro atoms. The van der Waals surface area contributed by atoms with Gasteiger partial charge in [-0.15, -0.1) is 11.3 Å². The Labute approximate surface area is 164 Å². The van der Waals surface area contributed by atoms with Gasteiger partial charge >= 0.3 is 5.97 Å². The summed E-state index contributed by atoms with van der Waals surface area (Å²) in [5.41, 5.74) is 2.47. The Morgan fingerprint density at radius 1 is 1.11 bits per heavy atom. The van der Waals surface area contributed by atoms with E-state index in [1.54, 1.807) is 11.3 Å². The van der Waals surface area contributed by atoms with Gasteiger partial charge in [0.15, 0.2) is 4.34 Å². The number of para-hydroxylation sites is 1. The number of nitrogens with zero attached hydrogens (tertiary/aromatic N) is 2. The molecule has 0 radical (unpaired) electrons. The molecular weight excluding hydrogens is 380 g/mol. The van der Waals surface area contributed by atoms with Crippen LogP contribution in [0.15, 0.2) is 63.4 Å². The zero-order chi connectivity index (χ0) is 18.6. The van der Waals surface area contributed by atoms with Gasteiger partial charge in [0.05, 0.1) is 16.0 Å². The van der Waals surface area contributed by atoms with Gasteiger partial charge in [-0.2, -0.15) is 0 Å². The summed E-state index contributed by atoms with van der Waals surface area (Å²) in [6, 6.07) is 17.6. The number of esters is 1. The maximum absolute atomic E-state index is 12.1. The number of carbonyl (C=O) groups excluding carboxylic acids is 1. The van der Waals surface area contributed by atoms with Gasteiger partial charge in [0.2, 0.25) is 5.89 Å². The van der Waals surface area contributed by atoms with Gasteiger partial charge in [-0.25, -0.2) is 9.97 Å². The third-order valence-electron chi connectivity index (χ3n) is 3.87. The largest absolute Gasteiger partial charge is 0.458 e. The fraction of sp³-hybridized carbons (Fsp3) is 0.150. The molecular formula is C20H16N2O3S2. The topological polar surface area (TPSA) is 65.2 Å². The lowest BCUT2D eigenvalue weighted by Gasteiger charge is -2.01. The second-order valence-corrected chi connectivity index (χ2v) is 8.04. The van der Waals surface area contributed by atoms with E-state index >= 15 is 0 Å². The molecule has 2 heterocycles. The van der Waals surface area contributed by atoms with E-state index in [2.05, 4.69) is 9.97 Å². The van der Waals surface area contributed by atoms with Crippen molar-refractivity contribution in [1.29, 1.82) is 0 Å². The fourth-order valence-electron chi connectivity index (χ4n) is 2.49. The van der Waals surface area contributed by atoms with Gasteiger partial charge in [0.25, 0.3) is 0 Å². The fourth-order valence-corrected chi connectivity index (χ4v) is 4.36. The van der Waals surface area contributed by atoms with Crippen LogP contribution >= 0.6 is 23.1 Å². The average Bonchev–Trinajstić information content (AvgIpc) is 3.28. The van der Waals surface area contributed by atoms with Crippen LogP contribution in [0.3, 0.4) is 0 Å². The first kappa shape index (κ1) is 17.8. The lowest BCUT2D eigenvalue weighted by atomic mass is 10.2. The Morgan fingerprint density at radius 3 is 2.70 bits per heavy atom. The summed E-state index contributed by atoms with van der Waals surface area (Å²) in [7, 11) is 0. The molecule has 0 bridgehead atoms. The minimum absolute atomic E-state index is 0.0986. The standard InChI is InChI=1S/C20H16N2O3S2/c1-13-16(21-19(25-13)14-7-3-2-4-8-14)11-24-18(23)12-26-20-22-15-9-5-6-10-17(15)27-20/h2-10H,11-12H2,1H3. The van der Waals surface area contributed by atoms with Crippen molar-refractivity contribution in [3.05, 3.63) is 66.1 Å². The molecule has 0 aliphatic heterocycles. The highest BCUT2D eigenvalue weighted by Gasteiger charge is 2.14. The second-order valence-electron chi connectivity index (χ2n) is 5.78. The maximum atomic E-state index is 12.1.